The Morgan fingerprint density at radius 1 is 1.22 bits per heavy atom. The van der Waals surface area contributed by atoms with E-state index in [1.165, 1.54) is 24.7 Å². The quantitative estimate of drug-likeness (QED) is 0.852. The zero-order valence-electron chi connectivity index (χ0n) is 13.1. The van der Waals surface area contributed by atoms with E-state index in [0.29, 0.717) is 22.7 Å². The van der Waals surface area contributed by atoms with Crippen LogP contribution in [0.25, 0.3) is 0 Å². The van der Waals surface area contributed by atoms with Crippen LogP contribution < -0.4 is 9.04 Å². The zero-order valence-corrected chi connectivity index (χ0v) is 13.9. The van der Waals surface area contributed by atoms with Crippen LogP contribution in [0.5, 0.6) is 11.5 Å². The molecule has 6 nitrogen and oxygen atoms in total. The van der Waals surface area contributed by atoms with Gasteiger partial charge in [0.2, 0.25) is 10.0 Å². The summed E-state index contributed by atoms with van der Waals surface area (Å²) in [7, 11) is -0.380. The fourth-order valence-corrected chi connectivity index (χ4v) is 2.41. The van der Waals surface area contributed by atoms with Crippen molar-refractivity contribution < 1.29 is 18.3 Å². The van der Waals surface area contributed by atoms with Gasteiger partial charge in [0, 0.05) is 18.8 Å². The molecule has 0 aliphatic heterocycles. The van der Waals surface area contributed by atoms with Crippen molar-refractivity contribution in [2.75, 3.05) is 24.7 Å². The maximum atomic E-state index is 11.6. The molecule has 2 aromatic carbocycles. The van der Waals surface area contributed by atoms with Crippen molar-refractivity contribution in [2.45, 2.75) is 0 Å². The largest absolute Gasteiger partial charge is 0.504 e. The molecule has 7 heteroatoms. The molecule has 0 spiro atoms. The standard InChI is InChI=1S/C16H18N2O4S/c1-18(23(3,20)21)14-8-5-7-13(10-14)17-11-12-6-4-9-15(22-2)16(12)19/h4-11,19H,1-3H3. The number of para-hydroxylation sites is 1. The van der Waals surface area contributed by atoms with E-state index < -0.39 is 10.0 Å². The number of nitrogens with zero attached hydrogens (tertiary/aromatic N) is 2. The van der Waals surface area contributed by atoms with Crippen molar-refractivity contribution in [3.63, 3.8) is 0 Å². The molecule has 23 heavy (non-hydrogen) atoms. The van der Waals surface area contributed by atoms with Crippen molar-refractivity contribution >= 4 is 27.6 Å². The van der Waals surface area contributed by atoms with Crippen LogP contribution in [0.1, 0.15) is 5.56 Å². The number of phenolic OH excluding ortho intramolecular Hbond substituents is 1. The molecule has 0 bridgehead atoms. The van der Waals surface area contributed by atoms with Gasteiger partial charge in [-0.1, -0.05) is 12.1 Å². The van der Waals surface area contributed by atoms with Gasteiger partial charge in [0.15, 0.2) is 11.5 Å². The average Bonchev–Trinajstić information content (AvgIpc) is 2.52. The summed E-state index contributed by atoms with van der Waals surface area (Å²) < 4.78 is 29.4. The predicted octanol–water partition coefficient (Wildman–Crippen LogP) is 2.55. The third-order valence-corrected chi connectivity index (χ3v) is 4.50. The van der Waals surface area contributed by atoms with E-state index in [9.17, 15) is 13.5 Å². The molecule has 0 saturated carbocycles. The summed E-state index contributed by atoms with van der Waals surface area (Å²) in [5.41, 5.74) is 1.59. The highest BCUT2D eigenvalue weighted by Crippen LogP contribution is 2.29. The summed E-state index contributed by atoms with van der Waals surface area (Å²) in [6.07, 6.45) is 2.63. The monoisotopic (exact) mass is 334 g/mol. The molecule has 1 N–H and O–H groups in total. The van der Waals surface area contributed by atoms with Crippen LogP contribution in [0, 0.1) is 0 Å². The zero-order chi connectivity index (χ0) is 17.0. The summed E-state index contributed by atoms with van der Waals surface area (Å²) in [6, 6.07) is 11.9. The predicted molar refractivity (Wildman–Crippen MR) is 91.6 cm³/mol. The summed E-state index contributed by atoms with van der Waals surface area (Å²) in [5, 5.41) is 10.0. The topological polar surface area (TPSA) is 79.2 Å². The van der Waals surface area contributed by atoms with E-state index in [0.717, 1.165) is 6.26 Å². The number of anilines is 1. The molecule has 0 heterocycles. The van der Waals surface area contributed by atoms with E-state index in [2.05, 4.69) is 4.99 Å². The first kappa shape index (κ1) is 16.8. The van der Waals surface area contributed by atoms with Gasteiger partial charge in [0.25, 0.3) is 0 Å². The van der Waals surface area contributed by atoms with Crippen LogP contribution in [0.4, 0.5) is 11.4 Å². The molecule has 0 aliphatic carbocycles. The summed E-state index contributed by atoms with van der Waals surface area (Å²) in [6.45, 7) is 0. The number of methoxy groups -OCH3 is 1. The van der Waals surface area contributed by atoms with Crippen LogP contribution in [0.15, 0.2) is 47.5 Å². The lowest BCUT2D eigenvalue weighted by Gasteiger charge is -2.16. The number of phenols is 1. The first-order chi connectivity index (χ1) is 10.8. The number of rotatable bonds is 5. The van der Waals surface area contributed by atoms with E-state index in [1.807, 2.05) is 0 Å². The average molecular weight is 334 g/mol. The normalized spacial score (nSPS) is 11.6. The molecule has 2 rings (SSSR count). The Kier molecular flexibility index (Phi) is 4.90. The Balaban J connectivity index is 2.31. The van der Waals surface area contributed by atoms with Crippen LogP contribution >= 0.6 is 0 Å². The van der Waals surface area contributed by atoms with Crippen LogP contribution in [-0.2, 0) is 10.0 Å². The number of benzene rings is 2. The van der Waals surface area contributed by atoms with Gasteiger partial charge >= 0.3 is 0 Å². The Morgan fingerprint density at radius 2 is 1.91 bits per heavy atom. The van der Waals surface area contributed by atoms with E-state index >= 15 is 0 Å². The molecule has 0 saturated heterocycles. The number of hydrogen-bond acceptors (Lipinski definition) is 5. The van der Waals surface area contributed by atoms with Crippen molar-refractivity contribution in [1.29, 1.82) is 0 Å². The van der Waals surface area contributed by atoms with Gasteiger partial charge in [-0.15, -0.1) is 0 Å². The molecule has 0 aromatic heterocycles. The van der Waals surface area contributed by atoms with Crippen molar-refractivity contribution in [2.24, 2.45) is 4.99 Å². The molecule has 0 atom stereocenters. The molecular formula is C16H18N2O4S. The fraction of sp³-hybridized carbons (Fsp3) is 0.188. The summed E-state index contributed by atoms with van der Waals surface area (Å²) in [4.78, 5) is 4.28. The lowest BCUT2D eigenvalue weighted by molar-refractivity contribution is 0.373. The molecule has 122 valence electrons. The number of hydrogen-bond donors (Lipinski definition) is 1. The molecule has 0 fully saturated rings. The Bertz CT molecular complexity index is 832. The maximum absolute atomic E-state index is 11.6. The Labute approximate surface area is 135 Å². The lowest BCUT2D eigenvalue weighted by atomic mass is 10.2. The molecule has 2 aromatic rings. The second-order valence-corrected chi connectivity index (χ2v) is 6.92. The molecule has 0 unspecified atom stereocenters. The highest BCUT2D eigenvalue weighted by atomic mass is 32.2. The Hall–Kier alpha value is -2.54. The van der Waals surface area contributed by atoms with Gasteiger partial charge in [-0.25, -0.2) is 8.42 Å². The van der Waals surface area contributed by atoms with Gasteiger partial charge < -0.3 is 9.84 Å². The van der Waals surface area contributed by atoms with Crippen molar-refractivity contribution in [3.8, 4) is 11.5 Å². The molecule has 0 amide bonds. The third-order valence-electron chi connectivity index (χ3n) is 3.29. The summed E-state index contributed by atoms with van der Waals surface area (Å²) in [5.74, 6) is 0.364. The van der Waals surface area contributed by atoms with Gasteiger partial charge in [-0.05, 0) is 30.3 Å². The van der Waals surface area contributed by atoms with Gasteiger partial charge in [0.1, 0.15) is 0 Å². The minimum absolute atomic E-state index is 0.00292. The van der Waals surface area contributed by atoms with Crippen LogP contribution in [0.2, 0.25) is 0 Å². The fourth-order valence-electron chi connectivity index (χ4n) is 1.91. The van der Waals surface area contributed by atoms with Gasteiger partial charge in [0.05, 0.1) is 24.7 Å². The third kappa shape index (κ3) is 4.01. The molecule has 0 aliphatic rings. The number of ether oxygens (including phenoxy) is 1. The highest BCUT2D eigenvalue weighted by Gasteiger charge is 2.11. The maximum Gasteiger partial charge on any atom is 0.231 e. The minimum atomic E-state index is -3.33. The highest BCUT2D eigenvalue weighted by molar-refractivity contribution is 7.92. The Morgan fingerprint density at radius 3 is 2.57 bits per heavy atom. The minimum Gasteiger partial charge on any atom is -0.504 e. The summed E-state index contributed by atoms with van der Waals surface area (Å²) >= 11 is 0. The smallest absolute Gasteiger partial charge is 0.231 e. The van der Waals surface area contributed by atoms with Gasteiger partial charge in [-0.2, -0.15) is 0 Å². The second kappa shape index (κ2) is 6.70. The molecule has 0 radical (unpaired) electrons. The van der Waals surface area contributed by atoms with Gasteiger partial charge in [-0.3, -0.25) is 9.30 Å². The van der Waals surface area contributed by atoms with E-state index in [4.69, 9.17) is 4.74 Å². The number of sulfonamides is 1. The first-order valence-electron chi connectivity index (χ1n) is 6.77. The second-order valence-electron chi connectivity index (χ2n) is 4.91. The number of aromatic hydroxyl groups is 1. The number of aliphatic imine (C=N–C) groups is 1. The van der Waals surface area contributed by atoms with Crippen molar-refractivity contribution in [1.82, 2.24) is 0 Å². The van der Waals surface area contributed by atoms with E-state index in [-0.39, 0.29) is 5.75 Å². The van der Waals surface area contributed by atoms with Crippen molar-refractivity contribution in [3.05, 3.63) is 48.0 Å². The first-order valence-corrected chi connectivity index (χ1v) is 8.62. The van der Waals surface area contributed by atoms with E-state index in [1.54, 1.807) is 42.5 Å². The lowest BCUT2D eigenvalue weighted by Crippen LogP contribution is -2.24. The molecular weight excluding hydrogens is 316 g/mol. The van der Waals surface area contributed by atoms with Crippen LogP contribution in [0.3, 0.4) is 0 Å². The van der Waals surface area contributed by atoms with Crippen LogP contribution in [-0.4, -0.2) is 40.2 Å². The SMILES string of the molecule is COc1cccc(C=Nc2cccc(N(C)S(C)(=O)=O)c2)c1O.